The van der Waals surface area contributed by atoms with Crippen molar-refractivity contribution in [2.45, 2.75) is 38.8 Å². The summed E-state index contributed by atoms with van der Waals surface area (Å²) in [5, 5.41) is 7.44. The molecule has 0 bridgehead atoms. The average Bonchev–Trinajstić information content (AvgIpc) is 3.33. The number of rotatable bonds is 2. The molecule has 1 aromatic carbocycles. The molecule has 0 unspecified atom stereocenters. The third-order valence-corrected chi connectivity index (χ3v) is 5.14. The summed E-state index contributed by atoms with van der Waals surface area (Å²) in [6, 6.07) is 4.31. The van der Waals surface area contributed by atoms with Gasteiger partial charge in [0.2, 0.25) is 5.91 Å². The lowest BCUT2D eigenvalue weighted by atomic mass is 10.1. The lowest BCUT2D eigenvalue weighted by molar-refractivity contribution is -0.119. The Kier molecular flexibility index (Phi) is 3.40. The van der Waals surface area contributed by atoms with Crippen molar-refractivity contribution in [2.75, 3.05) is 0 Å². The normalized spacial score (nSPS) is 18.1. The second-order valence-electron chi connectivity index (χ2n) is 6.83. The Morgan fingerprint density at radius 2 is 2.19 bits per heavy atom. The van der Waals surface area contributed by atoms with E-state index >= 15 is 0 Å². The second-order valence-corrected chi connectivity index (χ2v) is 6.83. The highest BCUT2D eigenvalue weighted by Crippen LogP contribution is 2.35. The minimum Gasteiger partial charge on any atom is -0.346 e. The van der Waals surface area contributed by atoms with E-state index in [4.69, 9.17) is 0 Å². The van der Waals surface area contributed by atoms with Gasteiger partial charge in [0.15, 0.2) is 11.6 Å². The van der Waals surface area contributed by atoms with Crippen molar-refractivity contribution in [3.8, 4) is 17.1 Å². The van der Waals surface area contributed by atoms with E-state index in [1.807, 2.05) is 11.5 Å². The van der Waals surface area contributed by atoms with E-state index in [1.54, 1.807) is 17.1 Å². The van der Waals surface area contributed by atoms with Crippen LogP contribution in [0.3, 0.4) is 0 Å². The van der Waals surface area contributed by atoms with E-state index in [2.05, 4.69) is 20.4 Å². The number of nitrogens with one attached hydrogen (secondary N) is 1. The molecule has 0 spiro atoms. The summed E-state index contributed by atoms with van der Waals surface area (Å²) in [6.45, 7) is 2.33. The Morgan fingerprint density at radius 1 is 1.33 bits per heavy atom. The molecule has 1 atom stereocenters. The number of nitrogens with zero attached hydrogens (tertiary/aromatic N) is 5. The van der Waals surface area contributed by atoms with E-state index in [0.717, 1.165) is 17.1 Å². The largest absolute Gasteiger partial charge is 0.346 e. The summed E-state index contributed by atoms with van der Waals surface area (Å²) in [5.41, 5.74) is 3.01. The van der Waals surface area contributed by atoms with Gasteiger partial charge in [-0.2, -0.15) is 5.10 Å². The topological polar surface area (TPSA) is 77.6 Å². The van der Waals surface area contributed by atoms with E-state index in [1.165, 1.54) is 12.1 Å². The number of amides is 1. The van der Waals surface area contributed by atoms with Gasteiger partial charge in [0.25, 0.3) is 6.43 Å². The number of hydrogen-bond acceptors (Lipinski definition) is 4. The summed E-state index contributed by atoms with van der Waals surface area (Å²) >= 11 is 0. The highest BCUT2D eigenvalue weighted by atomic mass is 19.3. The predicted molar refractivity (Wildman–Crippen MR) is 91.5 cm³/mol. The fraction of sp³-hybridized carbons (Fsp3) is 0.333. The van der Waals surface area contributed by atoms with Gasteiger partial charge >= 0.3 is 0 Å². The Labute approximate surface area is 153 Å². The van der Waals surface area contributed by atoms with Crippen LogP contribution in [0.5, 0.6) is 0 Å². The molecule has 3 aromatic rings. The number of aryl methyl sites for hydroxylation is 1. The quantitative estimate of drug-likeness (QED) is 0.589. The standard InChI is InChI=1S/C18H16F2N6O/c1-9-14-7-26-18(23-17(24-26)12-3-5-15(27)22-12)11-6-10(16(19)20)2-4-13(11)25(14)8-21-9/h2,4,6,8,12,16H,3,5,7H2,1H3,(H,22,27)/t12-/m1/s1. The zero-order chi connectivity index (χ0) is 18.7. The molecule has 4 heterocycles. The van der Waals surface area contributed by atoms with Crippen molar-refractivity contribution in [1.29, 1.82) is 0 Å². The average molecular weight is 370 g/mol. The van der Waals surface area contributed by atoms with Crippen molar-refractivity contribution in [2.24, 2.45) is 0 Å². The van der Waals surface area contributed by atoms with Gasteiger partial charge in [-0.3, -0.25) is 4.79 Å². The minimum atomic E-state index is -2.58. The van der Waals surface area contributed by atoms with Crippen LogP contribution in [0, 0.1) is 6.92 Å². The number of imidazole rings is 1. The number of carbonyl (C=O) groups is 1. The van der Waals surface area contributed by atoms with E-state index < -0.39 is 6.43 Å². The van der Waals surface area contributed by atoms with Gasteiger partial charge in [-0.15, -0.1) is 0 Å². The van der Waals surface area contributed by atoms with Crippen molar-refractivity contribution in [1.82, 2.24) is 29.6 Å². The molecule has 1 N–H and O–H groups in total. The molecule has 7 nitrogen and oxygen atoms in total. The van der Waals surface area contributed by atoms with Gasteiger partial charge < -0.3 is 9.88 Å². The van der Waals surface area contributed by atoms with Crippen LogP contribution in [-0.4, -0.2) is 30.2 Å². The van der Waals surface area contributed by atoms with Crippen LogP contribution >= 0.6 is 0 Å². The Morgan fingerprint density at radius 3 is 2.93 bits per heavy atom. The van der Waals surface area contributed by atoms with E-state index in [-0.39, 0.29) is 17.5 Å². The van der Waals surface area contributed by atoms with Crippen LogP contribution in [0.25, 0.3) is 17.1 Å². The van der Waals surface area contributed by atoms with Crippen LogP contribution in [0.2, 0.25) is 0 Å². The molecule has 2 aliphatic rings. The van der Waals surface area contributed by atoms with Crippen LogP contribution in [0.1, 0.15) is 48.1 Å². The molecule has 1 amide bonds. The van der Waals surface area contributed by atoms with Crippen molar-refractivity contribution in [3.05, 3.63) is 47.3 Å². The van der Waals surface area contributed by atoms with Crippen LogP contribution < -0.4 is 5.32 Å². The first-order chi connectivity index (χ1) is 13.0. The summed E-state index contributed by atoms with van der Waals surface area (Å²) in [4.78, 5) is 20.5. The third kappa shape index (κ3) is 2.45. The molecule has 2 aromatic heterocycles. The second kappa shape index (κ2) is 5.70. The fourth-order valence-electron chi connectivity index (χ4n) is 3.71. The number of aromatic nitrogens is 5. The van der Waals surface area contributed by atoms with Gasteiger partial charge in [0.1, 0.15) is 0 Å². The Hall–Kier alpha value is -3.10. The zero-order valence-electron chi connectivity index (χ0n) is 14.5. The van der Waals surface area contributed by atoms with Gasteiger partial charge in [0, 0.05) is 17.5 Å². The smallest absolute Gasteiger partial charge is 0.263 e. The maximum Gasteiger partial charge on any atom is 0.263 e. The van der Waals surface area contributed by atoms with Gasteiger partial charge in [-0.1, -0.05) is 6.07 Å². The molecule has 0 radical (unpaired) electrons. The van der Waals surface area contributed by atoms with Crippen LogP contribution in [0.15, 0.2) is 24.5 Å². The van der Waals surface area contributed by atoms with Gasteiger partial charge in [-0.05, 0) is 25.5 Å². The summed E-state index contributed by atoms with van der Waals surface area (Å²) < 4.78 is 30.2. The van der Waals surface area contributed by atoms with Crippen molar-refractivity contribution in [3.63, 3.8) is 0 Å². The zero-order valence-corrected chi connectivity index (χ0v) is 14.5. The first kappa shape index (κ1) is 16.1. The molecule has 0 aliphatic carbocycles. The summed E-state index contributed by atoms with van der Waals surface area (Å²) in [6.07, 6.45) is 0.179. The first-order valence-electron chi connectivity index (χ1n) is 8.71. The highest BCUT2D eigenvalue weighted by molar-refractivity contribution is 5.78. The molecule has 2 aliphatic heterocycles. The molecule has 1 fully saturated rings. The number of halogens is 2. The lowest BCUT2D eigenvalue weighted by Crippen LogP contribution is -2.19. The van der Waals surface area contributed by atoms with E-state index in [9.17, 15) is 13.6 Å². The highest BCUT2D eigenvalue weighted by Gasteiger charge is 2.30. The van der Waals surface area contributed by atoms with Crippen molar-refractivity contribution >= 4 is 5.91 Å². The molecular weight excluding hydrogens is 354 g/mol. The molecule has 138 valence electrons. The number of alkyl halides is 2. The monoisotopic (exact) mass is 370 g/mol. The molecule has 27 heavy (non-hydrogen) atoms. The molecule has 9 heteroatoms. The number of hydrogen-bond donors (Lipinski definition) is 1. The molecule has 5 rings (SSSR count). The molecule has 0 saturated carbocycles. The predicted octanol–water partition coefficient (Wildman–Crippen LogP) is 2.69. The van der Waals surface area contributed by atoms with Gasteiger partial charge in [-0.25, -0.2) is 23.4 Å². The third-order valence-electron chi connectivity index (χ3n) is 5.14. The maximum atomic E-state index is 13.3. The fourth-order valence-corrected chi connectivity index (χ4v) is 3.71. The number of benzene rings is 1. The molecule has 1 saturated heterocycles. The molecular formula is C18H16F2N6O. The van der Waals surface area contributed by atoms with E-state index in [0.29, 0.717) is 36.6 Å². The van der Waals surface area contributed by atoms with Gasteiger partial charge in [0.05, 0.1) is 36.0 Å². The Balaban J connectivity index is 1.72. The summed E-state index contributed by atoms with van der Waals surface area (Å²) in [7, 11) is 0. The van der Waals surface area contributed by atoms with Crippen molar-refractivity contribution < 1.29 is 13.6 Å². The maximum absolute atomic E-state index is 13.3. The lowest BCUT2D eigenvalue weighted by Gasteiger charge is -2.10. The minimum absolute atomic E-state index is 0.0284. The number of carbonyl (C=O) groups excluding carboxylic acids is 1. The first-order valence-corrected chi connectivity index (χ1v) is 8.71. The van der Waals surface area contributed by atoms with Crippen LogP contribution in [0.4, 0.5) is 8.78 Å². The number of fused-ring (bicyclic) bond motifs is 5. The SMILES string of the molecule is Cc1ncn2c1Cn1nc([C@H]3CCC(=O)N3)nc1-c1cc(C(F)F)ccc1-2. The Bertz CT molecular complexity index is 1070. The van der Waals surface area contributed by atoms with Crippen LogP contribution in [-0.2, 0) is 11.3 Å². The summed E-state index contributed by atoms with van der Waals surface area (Å²) in [5.74, 6) is 1.00.